The van der Waals surface area contributed by atoms with Gasteiger partial charge in [-0.05, 0) is 35.4 Å². The van der Waals surface area contributed by atoms with Crippen molar-refractivity contribution >= 4 is 40.3 Å². The monoisotopic (exact) mass is 463 g/mol. The zero-order valence-corrected chi connectivity index (χ0v) is 18.8. The average Bonchev–Trinajstić information content (AvgIpc) is 3.13. The molecule has 1 amide bonds. The Labute approximate surface area is 195 Å². The third kappa shape index (κ3) is 4.99. The van der Waals surface area contributed by atoms with Gasteiger partial charge in [0.15, 0.2) is 0 Å². The lowest BCUT2D eigenvalue weighted by Gasteiger charge is -2.16. The molecular formula is C25H22ClN3O4. The molecule has 1 heterocycles. The summed E-state index contributed by atoms with van der Waals surface area (Å²) in [5.41, 5.74) is 2.86. The number of carbonyl (C=O) groups is 2. The number of ether oxygens (including phenoxy) is 1. The highest BCUT2D eigenvalue weighted by Crippen LogP contribution is 2.30. The number of nitrogens with one attached hydrogen (secondary N) is 1. The maximum absolute atomic E-state index is 12.6. The van der Waals surface area contributed by atoms with Crippen LogP contribution in [0.25, 0.3) is 22.0 Å². The standard InChI is InChI=1S/C25H22ClN3O4/c1-15(20-5-3-4-6-21(20)26)33-25(32)28-24-23(27-14-29(24)2)19-10-9-17-11-16(12-22(30)31)7-8-18(17)13-19/h3-11,13-15H,12H2,1-2H3,(H,28,32)(H,30,31). The van der Waals surface area contributed by atoms with Gasteiger partial charge in [-0.1, -0.05) is 60.1 Å². The number of aryl methyl sites for hydroxylation is 1. The Morgan fingerprint density at radius 1 is 1.12 bits per heavy atom. The molecule has 1 unspecified atom stereocenters. The highest BCUT2D eigenvalue weighted by Gasteiger charge is 2.19. The van der Waals surface area contributed by atoms with Crippen LogP contribution in [0.4, 0.5) is 10.6 Å². The third-order valence-corrected chi connectivity index (χ3v) is 5.66. The first-order valence-electron chi connectivity index (χ1n) is 10.3. The van der Waals surface area contributed by atoms with E-state index in [9.17, 15) is 9.59 Å². The van der Waals surface area contributed by atoms with Crippen molar-refractivity contribution in [2.75, 3.05) is 5.32 Å². The van der Waals surface area contributed by atoms with E-state index in [2.05, 4.69) is 10.3 Å². The van der Waals surface area contributed by atoms with Crippen molar-refractivity contribution in [3.63, 3.8) is 0 Å². The maximum Gasteiger partial charge on any atom is 0.413 e. The molecular weight excluding hydrogens is 442 g/mol. The predicted octanol–water partition coefficient (Wildman–Crippen LogP) is 5.83. The van der Waals surface area contributed by atoms with Crippen LogP contribution in [0.3, 0.4) is 0 Å². The quantitative estimate of drug-likeness (QED) is 0.375. The largest absolute Gasteiger partial charge is 0.481 e. The zero-order chi connectivity index (χ0) is 23.5. The van der Waals surface area contributed by atoms with Crippen LogP contribution in [-0.4, -0.2) is 26.7 Å². The fourth-order valence-corrected chi connectivity index (χ4v) is 3.96. The number of rotatable bonds is 6. The van der Waals surface area contributed by atoms with Gasteiger partial charge in [0.05, 0.1) is 12.7 Å². The molecule has 0 saturated heterocycles. The number of carbonyl (C=O) groups excluding carboxylic acids is 1. The van der Waals surface area contributed by atoms with Crippen LogP contribution >= 0.6 is 11.6 Å². The van der Waals surface area contributed by atoms with Crippen LogP contribution in [0.15, 0.2) is 67.0 Å². The Hall–Kier alpha value is -3.84. The maximum atomic E-state index is 12.6. The molecule has 0 saturated carbocycles. The minimum atomic E-state index is -0.870. The first kappa shape index (κ1) is 22.4. The number of anilines is 1. The fourth-order valence-electron chi connectivity index (χ4n) is 3.67. The summed E-state index contributed by atoms with van der Waals surface area (Å²) in [6, 6.07) is 18.5. The molecule has 7 nitrogen and oxygen atoms in total. The molecule has 0 fully saturated rings. The number of nitrogens with zero attached hydrogens (tertiary/aromatic N) is 2. The summed E-state index contributed by atoms with van der Waals surface area (Å²) in [5.74, 6) is -0.376. The number of imidazole rings is 1. The van der Waals surface area contributed by atoms with Crippen LogP contribution in [0.1, 0.15) is 24.2 Å². The first-order valence-corrected chi connectivity index (χ1v) is 10.7. The molecule has 0 bridgehead atoms. The van der Waals surface area contributed by atoms with Gasteiger partial charge < -0.3 is 14.4 Å². The molecule has 0 aliphatic carbocycles. The number of aromatic nitrogens is 2. The number of hydrogen-bond donors (Lipinski definition) is 2. The third-order valence-electron chi connectivity index (χ3n) is 5.32. The van der Waals surface area contributed by atoms with Gasteiger partial charge in [0.1, 0.15) is 17.6 Å². The van der Waals surface area contributed by atoms with Crippen LogP contribution in [-0.2, 0) is 23.0 Å². The van der Waals surface area contributed by atoms with E-state index in [4.69, 9.17) is 21.4 Å². The van der Waals surface area contributed by atoms with Crippen molar-refractivity contribution < 1.29 is 19.4 Å². The molecule has 0 aliphatic rings. The van der Waals surface area contributed by atoms with Gasteiger partial charge in [0, 0.05) is 23.2 Å². The molecule has 33 heavy (non-hydrogen) atoms. The summed E-state index contributed by atoms with van der Waals surface area (Å²) < 4.78 is 7.23. The van der Waals surface area contributed by atoms with E-state index >= 15 is 0 Å². The molecule has 8 heteroatoms. The Kier molecular flexibility index (Phi) is 6.33. The summed E-state index contributed by atoms with van der Waals surface area (Å²) in [4.78, 5) is 28.0. The highest BCUT2D eigenvalue weighted by atomic mass is 35.5. The number of carboxylic acids is 1. The van der Waals surface area contributed by atoms with Crippen molar-refractivity contribution in [2.45, 2.75) is 19.4 Å². The molecule has 2 N–H and O–H groups in total. The molecule has 0 aliphatic heterocycles. The molecule has 1 atom stereocenters. The molecule has 4 aromatic rings. The molecule has 168 valence electrons. The summed E-state index contributed by atoms with van der Waals surface area (Å²) in [5, 5.41) is 14.2. The lowest BCUT2D eigenvalue weighted by Crippen LogP contribution is -2.18. The lowest BCUT2D eigenvalue weighted by molar-refractivity contribution is -0.136. The van der Waals surface area contributed by atoms with E-state index < -0.39 is 18.2 Å². The second kappa shape index (κ2) is 9.34. The van der Waals surface area contributed by atoms with E-state index in [0.29, 0.717) is 16.5 Å². The highest BCUT2D eigenvalue weighted by molar-refractivity contribution is 6.31. The number of aliphatic carboxylic acids is 1. The molecule has 1 aromatic heterocycles. The minimum Gasteiger partial charge on any atom is -0.481 e. The number of benzene rings is 3. The number of fused-ring (bicyclic) bond motifs is 1. The van der Waals surface area contributed by atoms with Crippen molar-refractivity contribution in [3.05, 3.63) is 83.1 Å². The fraction of sp³-hybridized carbons (Fsp3) is 0.160. The number of hydrogen-bond acceptors (Lipinski definition) is 4. The van der Waals surface area contributed by atoms with Gasteiger partial charge in [0.25, 0.3) is 0 Å². The summed E-state index contributed by atoms with van der Waals surface area (Å²) in [6.45, 7) is 1.76. The van der Waals surface area contributed by atoms with Crippen LogP contribution < -0.4 is 5.32 Å². The molecule has 3 aromatic carbocycles. The van der Waals surface area contributed by atoms with Gasteiger partial charge >= 0.3 is 12.1 Å². The van der Waals surface area contributed by atoms with E-state index in [-0.39, 0.29) is 6.42 Å². The van der Waals surface area contributed by atoms with Crippen LogP contribution in [0, 0.1) is 0 Å². The van der Waals surface area contributed by atoms with Gasteiger partial charge in [-0.25, -0.2) is 9.78 Å². The lowest BCUT2D eigenvalue weighted by atomic mass is 10.0. The van der Waals surface area contributed by atoms with Crippen molar-refractivity contribution in [2.24, 2.45) is 7.05 Å². The normalized spacial score (nSPS) is 11.8. The Morgan fingerprint density at radius 2 is 1.85 bits per heavy atom. The van der Waals surface area contributed by atoms with Crippen molar-refractivity contribution in [1.82, 2.24) is 9.55 Å². The van der Waals surface area contributed by atoms with E-state index in [0.717, 1.165) is 27.5 Å². The second-order valence-electron chi connectivity index (χ2n) is 7.71. The summed E-state index contributed by atoms with van der Waals surface area (Å²) in [7, 11) is 1.78. The SMILES string of the molecule is CC(OC(=O)Nc1c(-c2ccc3cc(CC(=O)O)ccc3c2)ncn1C)c1ccccc1Cl. The van der Waals surface area contributed by atoms with Gasteiger partial charge in [-0.3, -0.25) is 10.1 Å². The zero-order valence-electron chi connectivity index (χ0n) is 18.1. The summed E-state index contributed by atoms with van der Waals surface area (Å²) >= 11 is 6.20. The average molecular weight is 464 g/mol. The predicted molar refractivity (Wildman–Crippen MR) is 127 cm³/mol. The Morgan fingerprint density at radius 3 is 2.61 bits per heavy atom. The topological polar surface area (TPSA) is 93.4 Å². The summed E-state index contributed by atoms with van der Waals surface area (Å²) in [6.07, 6.45) is 0.436. The van der Waals surface area contributed by atoms with Crippen LogP contribution in [0.2, 0.25) is 5.02 Å². The minimum absolute atomic E-state index is 0.0271. The number of amides is 1. The molecule has 0 spiro atoms. The Balaban J connectivity index is 1.56. The Bertz CT molecular complexity index is 1350. The first-order chi connectivity index (χ1) is 15.8. The van der Waals surface area contributed by atoms with Gasteiger partial charge in [-0.15, -0.1) is 0 Å². The second-order valence-corrected chi connectivity index (χ2v) is 8.12. The smallest absolute Gasteiger partial charge is 0.413 e. The van der Waals surface area contributed by atoms with Crippen LogP contribution in [0.5, 0.6) is 0 Å². The molecule has 0 radical (unpaired) electrons. The van der Waals surface area contributed by atoms with E-state index in [1.165, 1.54) is 0 Å². The molecule has 4 rings (SSSR count). The van der Waals surface area contributed by atoms with Gasteiger partial charge in [-0.2, -0.15) is 0 Å². The van der Waals surface area contributed by atoms with Crippen molar-refractivity contribution in [3.8, 4) is 11.3 Å². The number of carboxylic acid groups (broad SMARTS) is 1. The van der Waals surface area contributed by atoms with Crippen molar-refractivity contribution in [1.29, 1.82) is 0 Å². The van der Waals surface area contributed by atoms with Gasteiger partial charge in [0.2, 0.25) is 0 Å². The van der Waals surface area contributed by atoms with E-state index in [1.54, 1.807) is 37.0 Å². The number of halogens is 1. The van der Waals surface area contributed by atoms with E-state index in [1.807, 2.05) is 48.5 Å².